The van der Waals surface area contributed by atoms with E-state index in [1.807, 2.05) is 6.92 Å². The van der Waals surface area contributed by atoms with Gasteiger partial charge in [-0.05, 0) is 45.8 Å². The summed E-state index contributed by atoms with van der Waals surface area (Å²) < 4.78 is 29.9. The van der Waals surface area contributed by atoms with E-state index in [0.29, 0.717) is 6.61 Å². The van der Waals surface area contributed by atoms with E-state index in [2.05, 4.69) is 40.8 Å². The summed E-state index contributed by atoms with van der Waals surface area (Å²) in [6, 6.07) is 0. The normalized spacial score (nSPS) is 31.8. The van der Waals surface area contributed by atoms with Crippen LogP contribution in [0.4, 0.5) is 0 Å². The summed E-state index contributed by atoms with van der Waals surface area (Å²) in [4.78, 5) is 13.0. The van der Waals surface area contributed by atoms with Gasteiger partial charge < -0.3 is 28.5 Å². The summed E-state index contributed by atoms with van der Waals surface area (Å²) in [6.45, 7) is 22.4. The summed E-state index contributed by atoms with van der Waals surface area (Å²) in [5.41, 5.74) is -0.688. The first kappa shape index (κ1) is 29.5. The molecule has 0 spiro atoms. The summed E-state index contributed by atoms with van der Waals surface area (Å²) in [7, 11) is 0.930. The highest BCUT2D eigenvalue weighted by atomic mass is 28.4. The van der Waals surface area contributed by atoms with Crippen LogP contribution in [0.5, 0.6) is 0 Å². The Kier molecular flexibility index (Phi) is 9.59. The van der Waals surface area contributed by atoms with Crippen molar-refractivity contribution in [2.75, 3.05) is 20.8 Å². The van der Waals surface area contributed by atoms with Gasteiger partial charge in [-0.15, -0.1) is 0 Å². The molecule has 1 aliphatic rings. The van der Waals surface area contributed by atoms with E-state index in [-0.39, 0.29) is 16.9 Å². The smallest absolute Gasteiger partial charge is 0.314 e. The molecule has 0 saturated carbocycles. The molecular formula is C24H48O7Si. The predicted molar refractivity (Wildman–Crippen MR) is 128 cm³/mol. The molecule has 0 radical (unpaired) electrons. The zero-order valence-corrected chi connectivity index (χ0v) is 23.6. The number of hydrogen-bond donors (Lipinski definition) is 1. The first-order chi connectivity index (χ1) is 14.3. The fourth-order valence-corrected chi connectivity index (χ4v) is 5.35. The van der Waals surface area contributed by atoms with E-state index in [1.165, 1.54) is 7.11 Å². The van der Waals surface area contributed by atoms with Gasteiger partial charge in [0.25, 0.3) is 0 Å². The number of methoxy groups -OCH3 is 2. The second-order valence-electron chi connectivity index (χ2n) is 11.9. The Bertz CT molecular complexity index is 625. The topological polar surface area (TPSA) is 83.5 Å². The van der Waals surface area contributed by atoms with E-state index in [1.54, 1.807) is 34.8 Å². The standard InChI is InChI=1S/C24H48O7Si/c1-15(14-27-10)18-16(2)19(31-32(12,13)23(7,8)9)20(28-11)24(26,29-18)17(3)21(25)30-22(4,5)6/h15-20,26H,14H2,1-13H3/t15-,16+,17+,18-,19-,20+,24-/m0/s1. The Morgan fingerprint density at radius 3 is 2.06 bits per heavy atom. The molecular weight excluding hydrogens is 428 g/mol. The van der Waals surface area contributed by atoms with E-state index in [0.717, 1.165) is 0 Å². The Labute approximate surface area is 196 Å². The highest BCUT2D eigenvalue weighted by molar-refractivity contribution is 6.74. The van der Waals surface area contributed by atoms with Gasteiger partial charge in [-0.1, -0.05) is 34.6 Å². The van der Waals surface area contributed by atoms with Crippen LogP contribution >= 0.6 is 0 Å². The molecule has 0 aromatic heterocycles. The van der Waals surface area contributed by atoms with Crippen molar-refractivity contribution < 1.29 is 33.3 Å². The number of aliphatic hydroxyl groups is 1. The third kappa shape index (κ3) is 6.54. The van der Waals surface area contributed by atoms with E-state index >= 15 is 0 Å². The lowest BCUT2D eigenvalue weighted by atomic mass is 9.78. The van der Waals surface area contributed by atoms with Gasteiger partial charge in [-0.3, -0.25) is 4.79 Å². The molecule has 190 valence electrons. The van der Waals surface area contributed by atoms with Crippen LogP contribution in [-0.4, -0.2) is 69.9 Å². The summed E-state index contributed by atoms with van der Waals surface area (Å²) in [5, 5.41) is 11.9. The van der Waals surface area contributed by atoms with E-state index in [9.17, 15) is 9.90 Å². The average Bonchev–Trinajstić information content (AvgIpc) is 2.61. The molecule has 8 heteroatoms. The van der Waals surface area contributed by atoms with Crippen LogP contribution in [0, 0.1) is 17.8 Å². The zero-order chi connectivity index (χ0) is 25.3. The molecule has 0 amide bonds. The first-order valence-electron chi connectivity index (χ1n) is 11.6. The largest absolute Gasteiger partial charge is 0.460 e. The van der Waals surface area contributed by atoms with E-state index in [4.69, 9.17) is 23.4 Å². The molecule has 1 heterocycles. The molecule has 0 unspecified atom stereocenters. The Morgan fingerprint density at radius 2 is 1.66 bits per heavy atom. The van der Waals surface area contributed by atoms with Crippen LogP contribution in [0.3, 0.4) is 0 Å². The van der Waals surface area contributed by atoms with Crippen molar-refractivity contribution >= 4 is 14.3 Å². The lowest BCUT2D eigenvalue weighted by molar-refractivity contribution is -0.361. The van der Waals surface area contributed by atoms with Crippen molar-refractivity contribution in [2.24, 2.45) is 17.8 Å². The van der Waals surface area contributed by atoms with Crippen molar-refractivity contribution in [3.8, 4) is 0 Å². The van der Waals surface area contributed by atoms with Crippen molar-refractivity contribution in [1.29, 1.82) is 0 Å². The van der Waals surface area contributed by atoms with Gasteiger partial charge in [0.1, 0.15) is 17.6 Å². The second kappa shape index (κ2) is 10.4. The Morgan fingerprint density at radius 1 is 1.12 bits per heavy atom. The number of esters is 1. The fourth-order valence-electron chi connectivity index (χ4n) is 3.98. The van der Waals surface area contributed by atoms with Crippen LogP contribution in [0.25, 0.3) is 0 Å². The molecule has 0 aromatic carbocycles. The monoisotopic (exact) mass is 476 g/mol. The minimum absolute atomic E-state index is 0.0318. The quantitative estimate of drug-likeness (QED) is 0.411. The third-order valence-electron chi connectivity index (χ3n) is 6.93. The maximum Gasteiger partial charge on any atom is 0.314 e. The van der Waals surface area contributed by atoms with Crippen molar-refractivity contribution in [3.63, 3.8) is 0 Å². The van der Waals surface area contributed by atoms with Gasteiger partial charge in [0, 0.05) is 26.1 Å². The maximum atomic E-state index is 13.0. The Balaban J connectivity index is 3.49. The lowest BCUT2D eigenvalue weighted by Gasteiger charge is -2.54. The summed E-state index contributed by atoms with van der Waals surface area (Å²) in [6.07, 6.45) is -1.72. The highest BCUT2D eigenvalue weighted by Gasteiger charge is 2.60. The van der Waals surface area contributed by atoms with Gasteiger partial charge in [0.05, 0.1) is 18.8 Å². The van der Waals surface area contributed by atoms with Gasteiger partial charge >= 0.3 is 5.97 Å². The minimum Gasteiger partial charge on any atom is -0.460 e. The van der Waals surface area contributed by atoms with Crippen molar-refractivity contribution in [1.82, 2.24) is 0 Å². The van der Waals surface area contributed by atoms with Crippen molar-refractivity contribution in [2.45, 2.75) is 110 Å². The molecule has 7 atom stereocenters. The van der Waals surface area contributed by atoms with Crippen LogP contribution < -0.4 is 0 Å². The van der Waals surface area contributed by atoms with Crippen molar-refractivity contribution in [3.05, 3.63) is 0 Å². The fraction of sp³-hybridized carbons (Fsp3) is 0.958. The Hall–Kier alpha value is -0.513. The summed E-state index contributed by atoms with van der Waals surface area (Å²) >= 11 is 0. The number of carbonyl (C=O) groups is 1. The maximum absolute atomic E-state index is 13.0. The highest BCUT2D eigenvalue weighted by Crippen LogP contribution is 2.46. The van der Waals surface area contributed by atoms with Crippen LogP contribution in [0.2, 0.25) is 18.1 Å². The molecule has 1 aliphatic heterocycles. The third-order valence-corrected chi connectivity index (χ3v) is 11.4. The van der Waals surface area contributed by atoms with Gasteiger partial charge in [-0.25, -0.2) is 0 Å². The number of rotatable bonds is 8. The minimum atomic E-state index is -2.23. The number of hydrogen-bond acceptors (Lipinski definition) is 7. The second-order valence-corrected chi connectivity index (χ2v) is 16.6. The molecule has 1 rings (SSSR count). The van der Waals surface area contributed by atoms with Crippen LogP contribution in [0.15, 0.2) is 0 Å². The summed E-state index contributed by atoms with van der Waals surface area (Å²) in [5.74, 6) is -3.56. The van der Waals surface area contributed by atoms with E-state index < -0.39 is 49.9 Å². The molecule has 1 saturated heterocycles. The van der Waals surface area contributed by atoms with Crippen LogP contribution in [0.1, 0.15) is 62.3 Å². The lowest BCUT2D eigenvalue weighted by Crippen LogP contribution is -2.69. The zero-order valence-electron chi connectivity index (χ0n) is 22.6. The SMILES string of the molecule is COC[C@H](C)[C@@H]1O[C@@](O)([C@H](C)C(=O)OC(C)(C)C)[C@H](OC)[C@@H](O[Si](C)(C)C(C)(C)C)[C@@H]1C. The van der Waals surface area contributed by atoms with Gasteiger partial charge in [0.2, 0.25) is 5.79 Å². The molecule has 32 heavy (non-hydrogen) atoms. The van der Waals surface area contributed by atoms with Gasteiger partial charge in [-0.2, -0.15) is 0 Å². The molecule has 1 N–H and O–H groups in total. The molecule has 1 fully saturated rings. The molecule has 0 aliphatic carbocycles. The predicted octanol–water partition coefficient (Wildman–Crippen LogP) is 4.38. The molecule has 0 bridgehead atoms. The molecule has 0 aromatic rings. The molecule has 7 nitrogen and oxygen atoms in total. The van der Waals surface area contributed by atoms with Crippen LogP contribution in [-0.2, 0) is 28.2 Å². The number of carbonyl (C=O) groups excluding carboxylic acids is 1. The van der Waals surface area contributed by atoms with Gasteiger partial charge in [0.15, 0.2) is 8.32 Å². The average molecular weight is 477 g/mol. The number of ether oxygens (including phenoxy) is 4. The first-order valence-corrected chi connectivity index (χ1v) is 14.6.